The van der Waals surface area contributed by atoms with E-state index >= 15 is 0 Å². The molecule has 20 heavy (non-hydrogen) atoms. The largest absolute Gasteiger partial charge is 0.399 e. The van der Waals surface area contributed by atoms with Gasteiger partial charge in [-0.25, -0.2) is 0 Å². The van der Waals surface area contributed by atoms with Crippen molar-refractivity contribution in [3.05, 3.63) is 24.3 Å². The first kappa shape index (κ1) is 14.8. The lowest BCUT2D eigenvalue weighted by atomic mass is 10.2. The first-order valence-corrected chi connectivity index (χ1v) is 7.17. The molecular weight excluding hydrogens is 252 g/mol. The number of piperazine rings is 1. The van der Waals surface area contributed by atoms with Gasteiger partial charge in [-0.2, -0.15) is 0 Å². The molecule has 1 aliphatic rings. The highest BCUT2D eigenvalue weighted by Crippen LogP contribution is 2.15. The zero-order valence-electron chi connectivity index (χ0n) is 12.4. The van der Waals surface area contributed by atoms with Gasteiger partial charge in [-0.15, -0.1) is 0 Å². The van der Waals surface area contributed by atoms with Crippen molar-refractivity contribution in [3.8, 4) is 0 Å². The van der Waals surface area contributed by atoms with Crippen LogP contribution in [0.25, 0.3) is 0 Å². The molecule has 0 unspecified atom stereocenters. The standard InChI is InChI=1S/C15H24N4O/c1-3-18-8-10-19(11-9-18)12-15(20)17(2)14-6-4-13(16)5-7-14/h4-7H,3,8-12,16H2,1-2H3. The topological polar surface area (TPSA) is 52.8 Å². The van der Waals surface area contributed by atoms with E-state index in [1.807, 2.05) is 31.3 Å². The van der Waals surface area contributed by atoms with Crippen molar-refractivity contribution in [1.29, 1.82) is 0 Å². The Labute approximate surface area is 120 Å². The molecule has 2 N–H and O–H groups in total. The Bertz CT molecular complexity index is 438. The van der Waals surface area contributed by atoms with Crippen LogP contribution in [0.15, 0.2) is 24.3 Å². The first-order chi connectivity index (χ1) is 9.60. The van der Waals surface area contributed by atoms with E-state index in [1.165, 1.54) is 0 Å². The van der Waals surface area contributed by atoms with E-state index in [-0.39, 0.29) is 5.91 Å². The number of hydrogen-bond donors (Lipinski definition) is 1. The molecule has 0 saturated carbocycles. The average molecular weight is 276 g/mol. The summed E-state index contributed by atoms with van der Waals surface area (Å²) in [5, 5.41) is 0. The summed E-state index contributed by atoms with van der Waals surface area (Å²) in [4.78, 5) is 18.6. The van der Waals surface area contributed by atoms with Gasteiger partial charge in [0.25, 0.3) is 0 Å². The number of nitrogens with zero attached hydrogens (tertiary/aromatic N) is 3. The number of carbonyl (C=O) groups excluding carboxylic acids is 1. The summed E-state index contributed by atoms with van der Waals surface area (Å²) in [6.45, 7) is 7.79. The van der Waals surface area contributed by atoms with E-state index in [0.717, 1.165) is 38.4 Å². The quantitative estimate of drug-likeness (QED) is 0.829. The number of nitrogen functional groups attached to an aromatic ring is 1. The van der Waals surface area contributed by atoms with Gasteiger partial charge in [-0.1, -0.05) is 6.92 Å². The molecule has 5 nitrogen and oxygen atoms in total. The van der Waals surface area contributed by atoms with Crippen molar-refractivity contribution in [2.75, 3.05) is 56.9 Å². The van der Waals surface area contributed by atoms with Crippen molar-refractivity contribution < 1.29 is 4.79 Å². The fourth-order valence-electron chi connectivity index (χ4n) is 2.40. The third kappa shape index (κ3) is 3.71. The molecule has 0 radical (unpaired) electrons. The Morgan fingerprint density at radius 1 is 1.15 bits per heavy atom. The minimum absolute atomic E-state index is 0.125. The Morgan fingerprint density at radius 2 is 1.70 bits per heavy atom. The molecule has 0 bridgehead atoms. The Morgan fingerprint density at radius 3 is 2.25 bits per heavy atom. The van der Waals surface area contributed by atoms with Gasteiger partial charge in [-0.3, -0.25) is 9.69 Å². The van der Waals surface area contributed by atoms with E-state index in [1.54, 1.807) is 4.90 Å². The highest BCUT2D eigenvalue weighted by atomic mass is 16.2. The van der Waals surface area contributed by atoms with Crippen LogP contribution in [-0.2, 0) is 4.79 Å². The van der Waals surface area contributed by atoms with Gasteiger partial charge in [0.15, 0.2) is 0 Å². The van der Waals surface area contributed by atoms with Crippen LogP contribution in [0.2, 0.25) is 0 Å². The van der Waals surface area contributed by atoms with E-state index < -0.39 is 0 Å². The lowest BCUT2D eigenvalue weighted by Crippen LogP contribution is -2.49. The number of hydrogen-bond acceptors (Lipinski definition) is 4. The normalized spacial score (nSPS) is 17.1. The third-order valence-corrected chi connectivity index (χ3v) is 3.93. The summed E-state index contributed by atoms with van der Waals surface area (Å²) in [5.74, 6) is 0.125. The number of carbonyl (C=O) groups is 1. The van der Waals surface area contributed by atoms with Gasteiger partial charge < -0.3 is 15.5 Å². The molecule has 1 aromatic carbocycles. The minimum Gasteiger partial charge on any atom is -0.399 e. The fraction of sp³-hybridized carbons (Fsp3) is 0.533. The summed E-state index contributed by atoms with van der Waals surface area (Å²) in [6, 6.07) is 7.39. The smallest absolute Gasteiger partial charge is 0.240 e. The summed E-state index contributed by atoms with van der Waals surface area (Å²) in [5.41, 5.74) is 7.26. The predicted molar refractivity (Wildman–Crippen MR) is 82.8 cm³/mol. The third-order valence-electron chi connectivity index (χ3n) is 3.93. The molecule has 5 heteroatoms. The van der Waals surface area contributed by atoms with Crippen LogP contribution in [0.3, 0.4) is 0 Å². The van der Waals surface area contributed by atoms with Crippen LogP contribution in [0.5, 0.6) is 0 Å². The summed E-state index contributed by atoms with van der Waals surface area (Å²) >= 11 is 0. The predicted octanol–water partition coefficient (Wildman–Crippen LogP) is 0.869. The van der Waals surface area contributed by atoms with Gasteiger partial charge in [0.05, 0.1) is 6.54 Å². The number of benzene rings is 1. The first-order valence-electron chi connectivity index (χ1n) is 7.17. The molecule has 2 rings (SSSR count). The molecule has 0 spiro atoms. The summed E-state index contributed by atoms with van der Waals surface area (Å²) in [6.07, 6.45) is 0. The van der Waals surface area contributed by atoms with Crippen molar-refractivity contribution in [3.63, 3.8) is 0 Å². The summed E-state index contributed by atoms with van der Waals surface area (Å²) < 4.78 is 0. The Hall–Kier alpha value is -1.59. The number of anilines is 2. The van der Waals surface area contributed by atoms with Gasteiger partial charge in [0, 0.05) is 44.6 Å². The van der Waals surface area contributed by atoms with E-state index in [9.17, 15) is 4.79 Å². The number of amides is 1. The van der Waals surface area contributed by atoms with Crippen molar-refractivity contribution in [2.45, 2.75) is 6.92 Å². The zero-order valence-corrected chi connectivity index (χ0v) is 12.4. The lowest BCUT2D eigenvalue weighted by Gasteiger charge is -2.34. The maximum Gasteiger partial charge on any atom is 0.240 e. The monoisotopic (exact) mass is 276 g/mol. The molecule has 1 amide bonds. The lowest BCUT2D eigenvalue weighted by molar-refractivity contribution is -0.119. The molecule has 1 saturated heterocycles. The number of likely N-dealkylation sites (N-methyl/N-ethyl adjacent to an activating group) is 2. The average Bonchev–Trinajstić information content (AvgIpc) is 2.48. The minimum atomic E-state index is 0.125. The number of nitrogens with two attached hydrogens (primary N) is 1. The SMILES string of the molecule is CCN1CCN(CC(=O)N(C)c2ccc(N)cc2)CC1. The van der Waals surface area contributed by atoms with Crippen LogP contribution in [0.1, 0.15) is 6.92 Å². The second-order valence-electron chi connectivity index (χ2n) is 5.25. The van der Waals surface area contributed by atoms with Crippen molar-refractivity contribution in [1.82, 2.24) is 9.80 Å². The van der Waals surface area contributed by atoms with Gasteiger partial charge >= 0.3 is 0 Å². The molecule has 1 aromatic rings. The molecule has 0 aliphatic carbocycles. The van der Waals surface area contributed by atoms with Crippen LogP contribution in [0.4, 0.5) is 11.4 Å². The second-order valence-corrected chi connectivity index (χ2v) is 5.25. The van der Waals surface area contributed by atoms with E-state index in [4.69, 9.17) is 5.73 Å². The van der Waals surface area contributed by atoms with Crippen molar-refractivity contribution in [2.24, 2.45) is 0 Å². The zero-order chi connectivity index (χ0) is 14.5. The Kier molecular flexibility index (Phi) is 4.98. The van der Waals surface area contributed by atoms with Gasteiger partial charge in [0.2, 0.25) is 5.91 Å². The maximum absolute atomic E-state index is 12.3. The van der Waals surface area contributed by atoms with E-state index in [2.05, 4.69) is 16.7 Å². The molecule has 0 atom stereocenters. The molecule has 1 heterocycles. The highest BCUT2D eigenvalue weighted by molar-refractivity contribution is 5.94. The number of rotatable bonds is 4. The van der Waals surface area contributed by atoms with Crippen LogP contribution in [-0.4, -0.2) is 62.0 Å². The van der Waals surface area contributed by atoms with Gasteiger partial charge in [-0.05, 0) is 30.8 Å². The Balaban J connectivity index is 1.87. The van der Waals surface area contributed by atoms with Gasteiger partial charge in [0.1, 0.15) is 0 Å². The summed E-state index contributed by atoms with van der Waals surface area (Å²) in [7, 11) is 1.82. The fourth-order valence-corrected chi connectivity index (χ4v) is 2.40. The molecule has 110 valence electrons. The molecular formula is C15H24N4O. The van der Waals surface area contributed by atoms with Crippen LogP contribution in [0, 0.1) is 0 Å². The molecule has 1 aliphatic heterocycles. The molecule has 0 aromatic heterocycles. The maximum atomic E-state index is 12.3. The highest BCUT2D eigenvalue weighted by Gasteiger charge is 2.20. The van der Waals surface area contributed by atoms with Crippen LogP contribution < -0.4 is 10.6 Å². The van der Waals surface area contributed by atoms with Crippen molar-refractivity contribution >= 4 is 17.3 Å². The second kappa shape index (κ2) is 6.72. The van der Waals surface area contributed by atoms with Crippen LogP contribution >= 0.6 is 0 Å². The molecule has 1 fully saturated rings. The van der Waals surface area contributed by atoms with E-state index in [0.29, 0.717) is 12.2 Å².